The van der Waals surface area contributed by atoms with Gasteiger partial charge in [-0.25, -0.2) is 14.8 Å². The standard InChI is InChI=1S/C11H12N4O3/c1-2-15(11(17)18)14-9-10(16)13-8-6-4-3-5-7(8)12-9/h3-6H,2H2,1H3,(H,12,14)(H,13,16)(H,17,18). The number of nitrogens with one attached hydrogen (secondary N) is 2. The van der Waals surface area contributed by atoms with Crippen molar-refractivity contribution < 1.29 is 9.90 Å². The molecule has 2 aromatic rings. The van der Waals surface area contributed by atoms with Gasteiger partial charge in [-0.15, -0.1) is 0 Å². The fourth-order valence-corrected chi connectivity index (χ4v) is 1.50. The van der Waals surface area contributed by atoms with Crippen molar-refractivity contribution in [3.63, 3.8) is 0 Å². The van der Waals surface area contributed by atoms with Crippen LogP contribution in [0.25, 0.3) is 11.0 Å². The van der Waals surface area contributed by atoms with Crippen LogP contribution in [0.4, 0.5) is 10.6 Å². The van der Waals surface area contributed by atoms with E-state index in [2.05, 4.69) is 15.4 Å². The molecule has 0 aliphatic carbocycles. The lowest BCUT2D eigenvalue weighted by Crippen LogP contribution is -2.37. The van der Waals surface area contributed by atoms with E-state index >= 15 is 0 Å². The Morgan fingerprint density at radius 3 is 2.89 bits per heavy atom. The van der Waals surface area contributed by atoms with Crippen molar-refractivity contribution in [1.29, 1.82) is 0 Å². The number of benzene rings is 1. The monoisotopic (exact) mass is 248 g/mol. The summed E-state index contributed by atoms with van der Waals surface area (Å²) in [7, 11) is 0. The van der Waals surface area contributed by atoms with Crippen LogP contribution in [0.3, 0.4) is 0 Å². The number of nitrogens with zero attached hydrogens (tertiary/aromatic N) is 2. The summed E-state index contributed by atoms with van der Waals surface area (Å²) in [5, 5.41) is 9.74. The number of carboxylic acid groups (broad SMARTS) is 1. The van der Waals surface area contributed by atoms with Crippen LogP contribution in [0.15, 0.2) is 29.1 Å². The number of fused-ring (bicyclic) bond motifs is 1. The third kappa shape index (κ3) is 2.24. The molecule has 7 nitrogen and oxygen atoms in total. The molecule has 0 saturated heterocycles. The third-order valence-corrected chi connectivity index (χ3v) is 2.39. The average Bonchev–Trinajstić information content (AvgIpc) is 2.35. The Balaban J connectivity index is 2.42. The lowest BCUT2D eigenvalue weighted by molar-refractivity contribution is 0.157. The van der Waals surface area contributed by atoms with Crippen molar-refractivity contribution >= 4 is 22.9 Å². The fourth-order valence-electron chi connectivity index (χ4n) is 1.50. The zero-order valence-electron chi connectivity index (χ0n) is 9.67. The molecule has 94 valence electrons. The highest BCUT2D eigenvalue weighted by Gasteiger charge is 2.12. The van der Waals surface area contributed by atoms with E-state index in [-0.39, 0.29) is 12.4 Å². The molecule has 2 rings (SSSR count). The molecule has 0 aliphatic heterocycles. The molecule has 0 bridgehead atoms. The summed E-state index contributed by atoms with van der Waals surface area (Å²) in [6.07, 6.45) is -1.17. The van der Waals surface area contributed by atoms with Gasteiger partial charge in [-0.3, -0.25) is 10.2 Å². The summed E-state index contributed by atoms with van der Waals surface area (Å²) < 4.78 is 0. The second-order valence-corrected chi connectivity index (χ2v) is 3.57. The van der Waals surface area contributed by atoms with Gasteiger partial charge in [0, 0.05) is 6.54 Å². The fraction of sp³-hybridized carbons (Fsp3) is 0.182. The highest BCUT2D eigenvalue weighted by atomic mass is 16.4. The zero-order valence-corrected chi connectivity index (χ0v) is 9.67. The Hall–Kier alpha value is -2.57. The molecule has 7 heteroatoms. The summed E-state index contributed by atoms with van der Waals surface area (Å²) in [6.45, 7) is 1.85. The first-order valence-corrected chi connectivity index (χ1v) is 5.38. The minimum absolute atomic E-state index is 0.0436. The molecule has 0 radical (unpaired) electrons. The summed E-state index contributed by atoms with van der Waals surface area (Å²) in [5.41, 5.74) is 3.19. The number of rotatable bonds is 3. The lowest BCUT2D eigenvalue weighted by Gasteiger charge is -2.17. The average molecular weight is 248 g/mol. The number of hydrazine groups is 1. The van der Waals surface area contributed by atoms with Gasteiger partial charge in [0.25, 0.3) is 5.56 Å². The molecular formula is C11H12N4O3. The second kappa shape index (κ2) is 4.74. The van der Waals surface area contributed by atoms with Crippen LogP contribution >= 0.6 is 0 Å². The van der Waals surface area contributed by atoms with Crippen LogP contribution in [0.1, 0.15) is 6.92 Å². The number of hydrogen-bond donors (Lipinski definition) is 3. The molecule has 0 unspecified atom stereocenters. The zero-order chi connectivity index (χ0) is 13.1. The number of aromatic nitrogens is 2. The lowest BCUT2D eigenvalue weighted by atomic mass is 10.3. The molecule has 0 saturated carbocycles. The Labute approximate surface area is 102 Å². The number of aromatic amines is 1. The SMILES string of the molecule is CCN(Nc1nc2ccccc2[nH]c1=O)C(=O)O. The van der Waals surface area contributed by atoms with Crippen molar-refractivity contribution in [2.45, 2.75) is 6.92 Å². The maximum absolute atomic E-state index is 11.7. The molecule has 3 N–H and O–H groups in total. The molecular weight excluding hydrogens is 236 g/mol. The number of H-pyrrole nitrogens is 1. The van der Waals surface area contributed by atoms with Crippen LogP contribution in [0.5, 0.6) is 0 Å². The molecule has 0 aliphatic rings. The molecule has 18 heavy (non-hydrogen) atoms. The van der Waals surface area contributed by atoms with E-state index in [0.29, 0.717) is 11.0 Å². The Morgan fingerprint density at radius 1 is 1.50 bits per heavy atom. The first-order valence-electron chi connectivity index (χ1n) is 5.38. The van der Waals surface area contributed by atoms with Crippen molar-refractivity contribution in [2.24, 2.45) is 0 Å². The maximum Gasteiger partial charge on any atom is 0.426 e. The Bertz CT molecular complexity index is 637. The predicted molar refractivity (Wildman–Crippen MR) is 66.4 cm³/mol. The normalized spacial score (nSPS) is 10.3. The van der Waals surface area contributed by atoms with E-state index in [1.165, 1.54) is 0 Å². The molecule has 0 fully saturated rings. The van der Waals surface area contributed by atoms with E-state index in [9.17, 15) is 9.59 Å². The number of para-hydroxylation sites is 2. The Kier molecular flexibility index (Phi) is 3.13. The van der Waals surface area contributed by atoms with Crippen LogP contribution in [0.2, 0.25) is 0 Å². The van der Waals surface area contributed by atoms with Crippen LogP contribution in [-0.4, -0.2) is 32.7 Å². The number of hydrogen-bond acceptors (Lipinski definition) is 4. The van der Waals surface area contributed by atoms with E-state index in [1.54, 1.807) is 31.2 Å². The van der Waals surface area contributed by atoms with Gasteiger partial charge in [-0.2, -0.15) is 0 Å². The molecule has 0 spiro atoms. The van der Waals surface area contributed by atoms with Gasteiger partial charge in [0.1, 0.15) is 0 Å². The van der Waals surface area contributed by atoms with Crippen molar-refractivity contribution in [2.75, 3.05) is 12.0 Å². The molecule has 0 atom stereocenters. The molecule has 1 aromatic heterocycles. The van der Waals surface area contributed by atoms with Gasteiger partial charge < -0.3 is 10.1 Å². The van der Waals surface area contributed by atoms with E-state index < -0.39 is 11.7 Å². The number of anilines is 1. The van der Waals surface area contributed by atoms with Gasteiger partial charge >= 0.3 is 6.09 Å². The smallest absolute Gasteiger partial charge is 0.426 e. The van der Waals surface area contributed by atoms with E-state index in [4.69, 9.17) is 5.11 Å². The van der Waals surface area contributed by atoms with Crippen LogP contribution < -0.4 is 11.0 Å². The van der Waals surface area contributed by atoms with Crippen LogP contribution in [-0.2, 0) is 0 Å². The summed E-state index contributed by atoms with van der Waals surface area (Å²) >= 11 is 0. The van der Waals surface area contributed by atoms with Gasteiger partial charge in [0.2, 0.25) is 5.82 Å². The molecule has 1 heterocycles. The predicted octanol–water partition coefficient (Wildman–Crippen LogP) is 1.25. The summed E-state index contributed by atoms with van der Waals surface area (Å²) in [4.78, 5) is 29.3. The maximum atomic E-state index is 11.7. The highest BCUT2D eigenvalue weighted by molar-refractivity contribution is 5.75. The van der Waals surface area contributed by atoms with Gasteiger partial charge in [-0.05, 0) is 19.1 Å². The summed E-state index contributed by atoms with van der Waals surface area (Å²) in [6, 6.07) is 7.02. The number of carbonyl (C=O) groups is 1. The van der Waals surface area contributed by atoms with E-state index in [0.717, 1.165) is 5.01 Å². The number of amides is 1. The highest BCUT2D eigenvalue weighted by Crippen LogP contribution is 2.08. The second-order valence-electron chi connectivity index (χ2n) is 3.57. The van der Waals surface area contributed by atoms with Gasteiger partial charge in [-0.1, -0.05) is 12.1 Å². The minimum Gasteiger partial charge on any atom is -0.464 e. The first kappa shape index (κ1) is 11.9. The minimum atomic E-state index is -1.17. The van der Waals surface area contributed by atoms with E-state index in [1.807, 2.05) is 0 Å². The molecule has 1 aromatic carbocycles. The Morgan fingerprint density at radius 2 is 2.22 bits per heavy atom. The van der Waals surface area contributed by atoms with Gasteiger partial charge in [0.05, 0.1) is 11.0 Å². The van der Waals surface area contributed by atoms with Crippen molar-refractivity contribution in [1.82, 2.24) is 15.0 Å². The quantitative estimate of drug-likeness (QED) is 0.710. The van der Waals surface area contributed by atoms with Crippen LogP contribution in [0, 0.1) is 0 Å². The topological polar surface area (TPSA) is 98.3 Å². The summed E-state index contributed by atoms with van der Waals surface area (Å²) in [5.74, 6) is -0.0436. The first-order chi connectivity index (χ1) is 8.61. The van der Waals surface area contributed by atoms with Gasteiger partial charge in [0.15, 0.2) is 0 Å². The largest absolute Gasteiger partial charge is 0.464 e. The van der Waals surface area contributed by atoms with Crippen molar-refractivity contribution in [3.05, 3.63) is 34.6 Å². The third-order valence-electron chi connectivity index (χ3n) is 2.39. The molecule has 1 amide bonds. The van der Waals surface area contributed by atoms with Crippen molar-refractivity contribution in [3.8, 4) is 0 Å².